The molecule has 1 unspecified atom stereocenters. The lowest BCUT2D eigenvalue weighted by atomic mass is 9.80. The van der Waals surface area contributed by atoms with Crippen LogP contribution in [-0.2, 0) is 28.9 Å². The van der Waals surface area contributed by atoms with E-state index in [9.17, 15) is 19.6 Å². The molecule has 0 aliphatic carbocycles. The van der Waals surface area contributed by atoms with Gasteiger partial charge in [0.1, 0.15) is 29.3 Å². The molecule has 2 heterocycles. The van der Waals surface area contributed by atoms with Crippen LogP contribution in [0.25, 0.3) is 0 Å². The molecule has 0 spiro atoms. The molecule has 4 aromatic rings. The second-order valence-electron chi connectivity index (χ2n) is 13.9. The Morgan fingerprint density at radius 1 is 0.914 bits per heavy atom. The highest BCUT2D eigenvalue weighted by atomic mass is 31.2. The summed E-state index contributed by atoms with van der Waals surface area (Å²) in [7, 11) is 1.26. The van der Waals surface area contributed by atoms with Gasteiger partial charge in [-0.25, -0.2) is 14.3 Å². The average molecular weight is 818 g/mol. The molecule has 15 nitrogen and oxygen atoms in total. The average Bonchev–Trinajstić information content (AvgIpc) is 3.54. The normalized spacial score (nSPS) is 18.6. The first kappa shape index (κ1) is 44.0. The summed E-state index contributed by atoms with van der Waals surface area (Å²) < 4.78 is 47.5. The van der Waals surface area contributed by atoms with E-state index in [1.807, 2.05) is 111 Å². The molecular weight excluding hydrogens is 765 g/mol. The van der Waals surface area contributed by atoms with Gasteiger partial charge in [-0.2, -0.15) is 5.26 Å². The van der Waals surface area contributed by atoms with Gasteiger partial charge in [-0.15, -0.1) is 0 Å². The lowest BCUT2D eigenvalue weighted by Gasteiger charge is -2.39. The van der Waals surface area contributed by atoms with Crippen molar-refractivity contribution in [2.45, 2.75) is 83.3 Å². The predicted molar refractivity (Wildman–Crippen MR) is 218 cm³/mol. The van der Waals surface area contributed by atoms with E-state index in [2.05, 4.69) is 16.4 Å². The van der Waals surface area contributed by atoms with Gasteiger partial charge < -0.3 is 38.0 Å². The van der Waals surface area contributed by atoms with E-state index in [0.717, 1.165) is 21.3 Å². The van der Waals surface area contributed by atoms with Crippen molar-refractivity contribution in [2.24, 2.45) is 0 Å². The van der Waals surface area contributed by atoms with Crippen molar-refractivity contribution in [3.63, 3.8) is 0 Å². The largest absolute Gasteiger partial charge is 0.497 e. The molecule has 1 aromatic heterocycles. The van der Waals surface area contributed by atoms with Gasteiger partial charge in [0.05, 0.1) is 39.9 Å². The number of methoxy groups -OCH3 is 2. The monoisotopic (exact) mass is 817 g/mol. The number of nitrogens with one attached hydrogen (secondary N) is 2. The molecule has 3 aromatic carbocycles. The number of hydrogen-bond donors (Lipinski definition) is 2. The minimum Gasteiger partial charge on any atom is -0.497 e. The summed E-state index contributed by atoms with van der Waals surface area (Å²) >= 11 is 0. The van der Waals surface area contributed by atoms with Crippen molar-refractivity contribution >= 4 is 14.6 Å². The molecule has 58 heavy (non-hydrogen) atoms. The Bertz CT molecular complexity index is 2020. The lowest BCUT2D eigenvalue weighted by Crippen LogP contribution is -2.45. The van der Waals surface area contributed by atoms with Crippen molar-refractivity contribution in [2.75, 3.05) is 34.0 Å². The first-order chi connectivity index (χ1) is 28.0. The van der Waals surface area contributed by atoms with Crippen LogP contribution in [0.5, 0.6) is 11.5 Å². The molecule has 0 bridgehead atoms. The van der Waals surface area contributed by atoms with Crippen molar-refractivity contribution in [1.29, 1.82) is 5.26 Å². The van der Waals surface area contributed by atoms with Gasteiger partial charge in [-0.05, 0) is 75.6 Å². The zero-order valence-corrected chi connectivity index (χ0v) is 34.7. The summed E-state index contributed by atoms with van der Waals surface area (Å²) in [4.78, 5) is 41.1. The molecule has 5 rings (SSSR count). The molecule has 0 saturated carbocycles. The van der Waals surface area contributed by atoms with E-state index < -0.39 is 56.0 Å². The van der Waals surface area contributed by atoms with E-state index in [-0.39, 0.29) is 38.3 Å². The number of aromatic amines is 1. The summed E-state index contributed by atoms with van der Waals surface area (Å²) in [6, 6.07) is 28.0. The number of hydrogen-bond acceptors (Lipinski definition) is 12. The highest BCUT2D eigenvalue weighted by Crippen LogP contribution is 2.51. The Balaban J connectivity index is 1.69. The standard InChI is InChI=1S/C42H52N5O10P/c1-8-44-41(50)56-38-37(57-58(54-26-12-24-43)47(28(2)3)29(4)5)35(55-39(38)46-25-23-36(48)45-40(46)49)27-53-42(30-13-10-9-11-14-30,31-15-19-33(51-6)20-16-31)32-17-21-34(52-7)22-18-32/h9-11,13-23,25,28-29,35,37-39H,8,12,26-27H2,1-7H3,(H,44,50)(H,45,48,49)/t35-,37-,38-,39-,58?/m1/s1. The number of benzene rings is 3. The van der Waals surface area contributed by atoms with Crippen molar-refractivity contribution in [1.82, 2.24) is 19.5 Å². The van der Waals surface area contributed by atoms with Crippen LogP contribution in [0.3, 0.4) is 0 Å². The lowest BCUT2D eigenvalue weighted by molar-refractivity contribution is -0.0948. The van der Waals surface area contributed by atoms with Crippen molar-refractivity contribution < 1.29 is 37.5 Å². The van der Waals surface area contributed by atoms with Crippen LogP contribution in [0.1, 0.15) is 64.0 Å². The third kappa shape index (κ3) is 10.1. The zero-order chi connectivity index (χ0) is 41.8. The van der Waals surface area contributed by atoms with Gasteiger partial charge in [-0.3, -0.25) is 14.3 Å². The van der Waals surface area contributed by atoms with Crippen molar-refractivity contribution in [3.05, 3.63) is 129 Å². The van der Waals surface area contributed by atoms with E-state index >= 15 is 0 Å². The Morgan fingerprint density at radius 2 is 1.50 bits per heavy atom. The molecule has 310 valence electrons. The molecular formula is C42H52N5O10P. The van der Waals surface area contributed by atoms with Crippen LogP contribution in [0.2, 0.25) is 0 Å². The van der Waals surface area contributed by atoms with Gasteiger partial charge >= 0.3 is 11.8 Å². The molecule has 1 amide bonds. The van der Waals surface area contributed by atoms with Crippen molar-refractivity contribution in [3.8, 4) is 17.6 Å². The fourth-order valence-corrected chi connectivity index (χ4v) is 8.70. The molecule has 1 aliphatic heterocycles. The number of carbonyl (C=O) groups is 1. The third-order valence-corrected chi connectivity index (χ3v) is 11.6. The smallest absolute Gasteiger partial charge is 0.407 e. The molecule has 1 fully saturated rings. The maximum absolute atomic E-state index is 13.4. The number of alkyl carbamates (subject to hydrolysis) is 1. The zero-order valence-electron chi connectivity index (χ0n) is 33.8. The van der Waals surface area contributed by atoms with Gasteiger partial charge in [0, 0.05) is 30.9 Å². The minimum absolute atomic E-state index is 0.0681. The Kier molecular flexibility index (Phi) is 15.6. The number of amides is 1. The Morgan fingerprint density at radius 3 is 2.02 bits per heavy atom. The molecule has 1 aliphatic rings. The molecule has 0 radical (unpaired) electrons. The van der Waals surface area contributed by atoms with Crippen LogP contribution in [0.15, 0.2) is 101 Å². The highest BCUT2D eigenvalue weighted by molar-refractivity contribution is 7.44. The third-order valence-electron chi connectivity index (χ3n) is 9.49. The predicted octanol–water partition coefficient (Wildman–Crippen LogP) is 6.24. The number of rotatable bonds is 19. The summed E-state index contributed by atoms with van der Waals surface area (Å²) in [5.74, 6) is 1.30. The second-order valence-corrected chi connectivity index (χ2v) is 15.3. The van der Waals surface area contributed by atoms with Gasteiger partial charge in [-0.1, -0.05) is 54.6 Å². The first-order valence-corrected chi connectivity index (χ1v) is 20.2. The van der Waals surface area contributed by atoms with Gasteiger partial charge in [0.2, 0.25) is 0 Å². The van der Waals surface area contributed by atoms with E-state index in [1.165, 1.54) is 12.3 Å². The first-order valence-electron chi connectivity index (χ1n) is 19.1. The Labute approximate surface area is 339 Å². The maximum Gasteiger partial charge on any atom is 0.407 e. The summed E-state index contributed by atoms with van der Waals surface area (Å²) in [6.07, 6.45) is -4.05. The van der Waals surface area contributed by atoms with E-state index in [0.29, 0.717) is 11.5 Å². The minimum atomic E-state index is -1.93. The second kappa shape index (κ2) is 20.6. The molecule has 16 heteroatoms. The summed E-state index contributed by atoms with van der Waals surface area (Å²) in [5, 5.41) is 12.1. The number of ether oxygens (including phenoxy) is 5. The summed E-state index contributed by atoms with van der Waals surface area (Å²) in [5.41, 5.74) is -0.355. The topological polar surface area (TPSA) is 176 Å². The van der Waals surface area contributed by atoms with Gasteiger partial charge in [0.15, 0.2) is 12.3 Å². The Hall–Kier alpha value is -5.07. The van der Waals surface area contributed by atoms with Crippen LogP contribution >= 0.6 is 8.53 Å². The van der Waals surface area contributed by atoms with Crippen LogP contribution in [0.4, 0.5) is 4.79 Å². The number of nitrogens with zero attached hydrogens (tertiary/aromatic N) is 3. The number of nitriles is 1. The maximum atomic E-state index is 13.4. The number of H-pyrrole nitrogens is 1. The molecule has 2 N–H and O–H groups in total. The quantitative estimate of drug-likeness (QED) is 0.0621. The van der Waals surface area contributed by atoms with E-state index in [1.54, 1.807) is 21.1 Å². The fraction of sp³-hybridized carbons (Fsp3) is 0.429. The molecule has 1 saturated heterocycles. The SMILES string of the molecule is CCNC(=O)O[C@@H]1[C@H](OP(OCCC#N)N(C(C)C)C(C)C)[C@@H](COC(c2ccccc2)(c2ccc(OC)cc2)c2ccc(OC)cc2)O[C@H]1n1ccc(=O)[nH]c1=O. The molecule has 5 atom stereocenters. The van der Waals surface area contributed by atoms with E-state index in [4.69, 9.17) is 32.7 Å². The van der Waals surface area contributed by atoms with Crippen LogP contribution in [-0.4, -0.2) is 84.7 Å². The summed E-state index contributed by atoms with van der Waals surface area (Å²) in [6.45, 7) is 9.91. The van der Waals surface area contributed by atoms with Gasteiger partial charge in [0.25, 0.3) is 14.1 Å². The van der Waals surface area contributed by atoms with Crippen LogP contribution in [0, 0.1) is 11.3 Å². The number of aromatic nitrogens is 2. The fourth-order valence-electron chi connectivity index (χ4n) is 6.94. The van der Waals surface area contributed by atoms with Crippen LogP contribution < -0.4 is 26.0 Å². The number of carbonyl (C=O) groups excluding carboxylic acids is 1. The highest BCUT2D eigenvalue weighted by Gasteiger charge is 2.53.